The molecule has 2 nitrogen and oxygen atoms in total. The number of piperidine rings is 1. The molecule has 1 aliphatic heterocycles. The van der Waals surface area contributed by atoms with E-state index in [-0.39, 0.29) is 0 Å². The summed E-state index contributed by atoms with van der Waals surface area (Å²) in [6, 6.07) is 0.957. The summed E-state index contributed by atoms with van der Waals surface area (Å²) >= 11 is 0. The molecule has 0 N–H and O–H groups in total. The number of hydrogen-bond donors (Lipinski definition) is 0. The average Bonchev–Trinajstić information content (AvgIpc) is 2.00. The Kier molecular flexibility index (Phi) is 2.80. The molecule has 1 saturated heterocycles. The molecule has 1 heterocycles. The molecule has 2 unspecified atom stereocenters. The predicted octanol–water partition coefficient (Wildman–Crippen LogP) is 2.58. The van der Waals surface area contributed by atoms with Gasteiger partial charge in [0.15, 0.2) is 0 Å². The monoisotopic (exact) mass is 195 g/mol. The summed E-state index contributed by atoms with van der Waals surface area (Å²) in [5.41, 5.74) is 0. The maximum Gasteiger partial charge on any atom is 0.226 e. The van der Waals surface area contributed by atoms with E-state index < -0.39 is 0 Å². The number of rotatable bonds is 1. The SMILES string of the molecule is CC1CCCC(C)N1C(=O)C1CCC1. The third-order valence-electron chi connectivity index (χ3n) is 3.90. The molecule has 1 aliphatic carbocycles. The summed E-state index contributed by atoms with van der Waals surface area (Å²) in [7, 11) is 0. The molecule has 2 aliphatic rings. The minimum atomic E-state index is 0.373. The molecule has 2 atom stereocenters. The Morgan fingerprint density at radius 2 is 1.50 bits per heavy atom. The molecule has 2 rings (SSSR count). The number of amides is 1. The van der Waals surface area contributed by atoms with Crippen molar-refractivity contribution in [3.63, 3.8) is 0 Å². The maximum atomic E-state index is 12.1. The normalized spacial score (nSPS) is 34.0. The van der Waals surface area contributed by atoms with E-state index in [1.807, 2.05) is 0 Å². The highest BCUT2D eigenvalue weighted by molar-refractivity contribution is 5.80. The first-order chi connectivity index (χ1) is 6.70. The van der Waals surface area contributed by atoms with Crippen molar-refractivity contribution in [3.8, 4) is 0 Å². The van der Waals surface area contributed by atoms with Crippen molar-refractivity contribution in [1.29, 1.82) is 0 Å². The first-order valence-corrected chi connectivity index (χ1v) is 6.02. The lowest BCUT2D eigenvalue weighted by Gasteiger charge is -2.42. The van der Waals surface area contributed by atoms with Crippen LogP contribution >= 0.6 is 0 Å². The third kappa shape index (κ3) is 1.67. The summed E-state index contributed by atoms with van der Waals surface area (Å²) < 4.78 is 0. The minimum Gasteiger partial charge on any atom is -0.337 e. The van der Waals surface area contributed by atoms with Crippen LogP contribution in [0.2, 0.25) is 0 Å². The lowest BCUT2D eigenvalue weighted by Crippen LogP contribution is -2.50. The topological polar surface area (TPSA) is 20.3 Å². The van der Waals surface area contributed by atoms with Crippen LogP contribution in [-0.2, 0) is 4.79 Å². The largest absolute Gasteiger partial charge is 0.337 e. The first kappa shape index (κ1) is 10.0. The molecule has 0 spiro atoms. The Bertz CT molecular complexity index is 212. The van der Waals surface area contributed by atoms with E-state index in [0.717, 1.165) is 12.8 Å². The van der Waals surface area contributed by atoms with Gasteiger partial charge in [0.2, 0.25) is 5.91 Å². The Morgan fingerprint density at radius 3 is 1.93 bits per heavy atom. The van der Waals surface area contributed by atoms with Crippen molar-refractivity contribution in [2.45, 2.75) is 64.5 Å². The molecular weight excluding hydrogens is 174 g/mol. The van der Waals surface area contributed by atoms with Crippen molar-refractivity contribution in [3.05, 3.63) is 0 Å². The lowest BCUT2D eigenvalue weighted by atomic mass is 9.82. The van der Waals surface area contributed by atoms with Gasteiger partial charge in [0, 0.05) is 18.0 Å². The van der Waals surface area contributed by atoms with E-state index >= 15 is 0 Å². The number of hydrogen-bond acceptors (Lipinski definition) is 1. The summed E-state index contributed by atoms with van der Waals surface area (Å²) in [6.45, 7) is 4.40. The molecule has 1 amide bonds. The summed E-state index contributed by atoms with van der Waals surface area (Å²) in [5.74, 6) is 0.814. The van der Waals surface area contributed by atoms with Crippen LogP contribution in [0.3, 0.4) is 0 Å². The van der Waals surface area contributed by atoms with E-state index in [0.29, 0.717) is 23.9 Å². The molecule has 0 aromatic heterocycles. The van der Waals surface area contributed by atoms with Crippen LogP contribution < -0.4 is 0 Å². The molecule has 2 heteroatoms. The number of carbonyl (C=O) groups is 1. The fourth-order valence-electron chi connectivity index (χ4n) is 2.72. The minimum absolute atomic E-state index is 0.373. The number of nitrogens with zero attached hydrogens (tertiary/aromatic N) is 1. The lowest BCUT2D eigenvalue weighted by molar-refractivity contribution is -0.144. The number of carbonyl (C=O) groups excluding carboxylic acids is 1. The van der Waals surface area contributed by atoms with Gasteiger partial charge >= 0.3 is 0 Å². The van der Waals surface area contributed by atoms with E-state index in [1.165, 1.54) is 25.7 Å². The third-order valence-corrected chi connectivity index (χ3v) is 3.90. The summed E-state index contributed by atoms with van der Waals surface area (Å²) in [5, 5.41) is 0. The maximum absolute atomic E-state index is 12.1. The molecular formula is C12H21NO. The van der Waals surface area contributed by atoms with E-state index in [9.17, 15) is 4.79 Å². The van der Waals surface area contributed by atoms with E-state index in [1.54, 1.807) is 0 Å². The smallest absolute Gasteiger partial charge is 0.226 e. The van der Waals surface area contributed by atoms with Crippen LogP contribution in [0.25, 0.3) is 0 Å². The second-order valence-electron chi connectivity index (χ2n) is 5.00. The average molecular weight is 195 g/mol. The second kappa shape index (κ2) is 3.92. The van der Waals surface area contributed by atoms with Crippen molar-refractivity contribution in [2.24, 2.45) is 5.92 Å². The Labute approximate surface area is 86.7 Å². The molecule has 14 heavy (non-hydrogen) atoms. The fourth-order valence-corrected chi connectivity index (χ4v) is 2.72. The van der Waals surface area contributed by atoms with Gasteiger partial charge in [-0.2, -0.15) is 0 Å². The van der Waals surface area contributed by atoms with Crippen LogP contribution in [-0.4, -0.2) is 22.9 Å². The van der Waals surface area contributed by atoms with Gasteiger partial charge in [0.25, 0.3) is 0 Å². The molecule has 0 bridgehead atoms. The zero-order valence-corrected chi connectivity index (χ0v) is 9.33. The van der Waals surface area contributed by atoms with Crippen LogP contribution in [0.1, 0.15) is 52.4 Å². The molecule has 0 aromatic carbocycles. The molecule has 80 valence electrons. The van der Waals surface area contributed by atoms with E-state index in [2.05, 4.69) is 18.7 Å². The summed E-state index contributed by atoms with van der Waals surface area (Å²) in [4.78, 5) is 14.3. The van der Waals surface area contributed by atoms with Crippen molar-refractivity contribution in [1.82, 2.24) is 4.90 Å². The van der Waals surface area contributed by atoms with Gasteiger partial charge in [-0.05, 0) is 46.0 Å². The van der Waals surface area contributed by atoms with Crippen molar-refractivity contribution < 1.29 is 4.79 Å². The second-order valence-corrected chi connectivity index (χ2v) is 5.00. The van der Waals surface area contributed by atoms with Crippen LogP contribution in [0, 0.1) is 5.92 Å². The van der Waals surface area contributed by atoms with Gasteiger partial charge in [-0.15, -0.1) is 0 Å². The zero-order chi connectivity index (χ0) is 10.1. The van der Waals surface area contributed by atoms with Gasteiger partial charge in [0.05, 0.1) is 0 Å². The van der Waals surface area contributed by atoms with Crippen LogP contribution in [0.4, 0.5) is 0 Å². The molecule has 0 aromatic rings. The zero-order valence-electron chi connectivity index (χ0n) is 9.33. The highest BCUT2D eigenvalue weighted by Crippen LogP contribution is 2.32. The first-order valence-electron chi connectivity index (χ1n) is 6.02. The van der Waals surface area contributed by atoms with Gasteiger partial charge < -0.3 is 4.90 Å². The quantitative estimate of drug-likeness (QED) is 0.629. The van der Waals surface area contributed by atoms with Crippen molar-refractivity contribution >= 4 is 5.91 Å². The number of likely N-dealkylation sites (tertiary alicyclic amines) is 1. The molecule has 2 fully saturated rings. The van der Waals surface area contributed by atoms with Gasteiger partial charge in [0.1, 0.15) is 0 Å². The van der Waals surface area contributed by atoms with E-state index in [4.69, 9.17) is 0 Å². The summed E-state index contributed by atoms with van der Waals surface area (Å²) in [6.07, 6.45) is 7.21. The van der Waals surface area contributed by atoms with Gasteiger partial charge in [-0.25, -0.2) is 0 Å². The van der Waals surface area contributed by atoms with Crippen LogP contribution in [0.15, 0.2) is 0 Å². The Morgan fingerprint density at radius 1 is 1.00 bits per heavy atom. The van der Waals surface area contributed by atoms with Gasteiger partial charge in [-0.3, -0.25) is 4.79 Å². The predicted molar refractivity (Wildman–Crippen MR) is 57.0 cm³/mol. The molecule has 1 saturated carbocycles. The van der Waals surface area contributed by atoms with Crippen LogP contribution in [0.5, 0.6) is 0 Å². The Balaban J connectivity index is 2.01. The highest BCUT2D eigenvalue weighted by Gasteiger charge is 2.35. The van der Waals surface area contributed by atoms with Gasteiger partial charge in [-0.1, -0.05) is 6.42 Å². The standard InChI is InChI=1S/C12H21NO/c1-9-5-3-6-10(2)13(9)12(14)11-7-4-8-11/h9-11H,3-8H2,1-2H3. The fraction of sp³-hybridized carbons (Fsp3) is 0.917. The van der Waals surface area contributed by atoms with Crippen molar-refractivity contribution in [2.75, 3.05) is 0 Å². The Hall–Kier alpha value is -0.530. The molecule has 0 radical (unpaired) electrons. The highest BCUT2D eigenvalue weighted by atomic mass is 16.2.